The molecule has 0 amide bonds. The number of aliphatic hydroxyl groups is 1. The van der Waals surface area contributed by atoms with E-state index in [1.807, 2.05) is 12.1 Å². The second-order valence-corrected chi connectivity index (χ2v) is 3.89. The molecule has 96 valence electrons. The van der Waals surface area contributed by atoms with E-state index in [0.29, 0.717) is 19.6 Å². The first kappa shape index (κ1) is 14.0. The van der Waals surface area contributed by atoms with Gasteiger partial charge in [-0.05, 0) is 11.1 Å². The predicted octanol–water partition coefficient (Wildman–Crippen LogP) is 1.20. The first-order valence-electron chi connectivity index (χ1n) is 5.55. The van der Waals surface area contributed by atoms with E-state index < -0.39 is 6.43 Å². The minimum Gasteiger partial charge on any atom is -0.392 e. The van der Waals surface area contributed by atoms with Gasteiger partial charge in [-0.15, -0.1) is 0 Å². The summed E-state index contributed by atoms with van der Waals surface area (Å²) in [4.78, 5) is 1.62. The van der Waals surface area contributed by atoms with Gasteiger partial charge in [-0.25, -0.2) is 8.78 Å². The molecule has 0 aliphatic heterocycles. The summed E-state index contributed by atoms with van der Waals surface area (Å²) in [5.41, 5.74) is 7.14. The van der Waals surface area contributed by atoms with Gasteiger partial charge in [-0.2, -0.15) is 0 Å². The maximum absolute atomic E-state index is 12.3. The van der Waals surface area contributed by atoms with Gasteiger partial charge in [0.05, 0.1) is 13.2 Å². The van der Waals surface area contributed by atoms with Gasteiger partial charge in [-0.3, -0.25) is 4.90 Å². The van der Waals surface area contributed by atoms with Crippen molar-refractivity contribution in [2.75, 3.05) is 19.6 Å². The Morgan fingerprint density at radius 2 is 1.76 bits per heavy atom. The first-order chi connectivity index (χ1) is 8.15. The summed E-state index contributed by atoms with van der Waals surface area (Å²) in [5, 5.41) is 8.89. The Labute approximate surface area is 99.8 Å². The molecular formula is C12H18F2N2O. The van der Waals surface area contributed by atoms with Crippen LogP contribution in [-0.2, 0) is 13.2 Å². The smallest absolute Gasteiger partial charge is 0.251 e. The second-order valence-electron chi connectivity index (χ2n) is 3.89. The number of hydrogen-bond acceptors (Lipinski definition) is 3. The summed E-state index contributed by atoms with van der Waals surface area (Å²) < 4.78 is 24.6. The van der Waals surface area contributed by atoms with Crippen LogP contribution in [0.5, 0.6) is 0 Å². The lowest BCUT2D eigenvalue weighted by molar-refractivity contribution is 0.0862. The van der Waals surface area contributed by atoms with Crippen molar-refractivity contribution < 1.29 is 13.9 Å². The van der Waals surface area contributed by atoms with Crippen molar-refractivity contribution in [3.8, 4) is 0 Å². The Balaban J connectivity index is 2.58. The van der Waals surface area contributed by atoms with Gasteiger partial charge >= 0.3 is 0 Å². The highest BCUT2D eigenvalue weighted by Gasteiger charge is 2.11. The number of hydrogen-bond donors (Lipinski definition) is 2. The van der Waals surface area contributed by atoms with Crippen LogP contribution < -0.4 is 5.73 Å². The van der Waals surface area contributed by atoms with Gasteiger partial charge in [0.25, 0.3) is 6.43 Å². The van der Waals surface area contributed by atoms with Crippen molar-refractivity contribution in [1.29, 1.82) is 0 Å². The van der Waals surface area contributed by atoms with Gasteiger partial charge in [0.2, 0.25) is 0 Å². The Hall–Kier alpha value is -1.04. The Morgan fingerprint density at radius 1 is 1.18 bits per heavy atom. The fourth-order valence-corrected chi connectivity index (χ4v) is 1.62. The molecule has 0 unspecified atom stereocenters. The number of aliphatic hydroxyl groups excluding tert-OH is 1. The molecule has 5 heteroatoms. The molecule has 1 aromatic carbocycles. The summed E-state index contributed by atoms with van der Waals surface area (Å²) >= 11 is 0. The van der Waals surface area contributed by atoms with E-state index in [4.69, 9.17) is 10.8 Å². The van der Waals surface area contributed by atoms with E-state index in [1.165, 1.54) is 0 Å². The molecule has 0 aliphatic rings. The third-order valence-electron chi connectivity index (χ3n) is 2.45. The van der Waals surface area contributed by atoms with Crippen molar-refractivity contribution >= 4 is 0 Å². The van der Waals surface area contributed by atoms with Crippen molar-refractivity contribution in [3.63, 3.8) is 0 Å². The lowest BCUT2D eigenvalue weighted by Crippen LogP contribution is -2.33. The SMILES string of the molecule is NCCN(Cc1ccc(CO)cc1)CC(F)F. The maximum Gasteiger partial charge on any atom is 0.251 e. The molecule has 1 aromatic rings. The highest BCUT2D eigenvalue weighted by molar-refractivity contribution is 5.21. The highest BCUT2D eigenvalue weighted by Crippen LogP contribution is 2.09. The average Bonchev–Trinajstić information content (AvgIpc) is 2.29. The third-order valence-corrected chi connectivity index (χ3v) is 2.45. The minimum atomic E-state index is -2.35. The molecule has 0 saturated carbocycles. The van der Waals surface area contributed by atoms with Gasteiger partial charge in [0, 0.05) is 19.6 Å². The van der Waals surface area contributed by atoms with Gasteiger partial charge in [-0.1, -0.05) is 24.3 Å². The van der Waals surface area contributed by atoms with Crippen LogP contribution in [-0.4, -0.2) is 36.1 Å². The summed E-state index contributed by atoms with van der Waals surface area (Å²) in [6, 6.07) is 7.25. The van der Waals surface area contributed by atoms with Crippen LogP contribution in [0.15, 0.2) is 24.3 Å². The molecule has 0 spiro atoms. The molecule has 3 N–H and O–H groups in total. The Kier molecular flexibility index (Phi) is 6.04. The van der Waals surface area contributed by atoms with E-state index in [-0.39, 0.29) is 13.2 Å². The number of halogens is 2. The number of benzene rings is 1. The topological polar surface area (TPSA) is 49.5 Å². The van der Waals surface area contributed by atoms with Crippen LogP contribution >= 0.6 is 0 Å². The number of rotatable bonds is 7. The summed E-state index contributed by atoms with van der Waals surface area (Å²) in [5.74, 6) is 0. The number of alkyl halides is 2. The number of nitrogens with two attached hydrogens (primary N) is 1. The van der Waals surface area contributed by atoms with E-state index in [2.05, 4.69) is 0 Å². The lowest BCUT2D eigenvalue weighted by Gasteiger charge is -2.21. The van der Waals surface area contributed by atoms with Gasteiger partial charge in [0.15, 0.2) is 0 Å². The van der Waals surface area contributed by atoms with Gasteiger partial charge in [0.1, 0.15) is 0 Å². The Bertz CT molecular complexity index is 317. The molecule has 0 saturated heterocycles. The second kappa shape index (κ2) is 7.32. The third kappa shape index (κ3) is 5.21. The van der Waals surface area contributed by atoms with Crippen LogP contribution in [0.2, 0.25) is 0 Å². The van der Waals surface area contributed by atoms with Crippen molar-refractivity contribution in [2.45, 2.75) is 19.6 Å². The average molecular weight is 244 g/mol. The molecule has 0 aliphatic carbocycles. The summed E-state index contributed by atoms with van der Waals surface area (Å²) in [6.45, 7) is 0.990. The predicted molar refractivity (Wildman–Crippen MR) is 62.7 cm³/mol. The van der Waals surface area contributed by atoms with Crippen LogP contribution in [0.1, 0.15) is 11.1 Å². The van der Waals surface area contributed by atoms with Gasteiger partial charge < -0.3 is 10.8 Å². The van der Waals surface area contributed by atoms with Crippen LogP contribution in [0.25, 0.3) is 0 Å². The molecule has 0 atom stereocenters. The molecule has 0 bridgehead atoms. The first-order valence-corrected chi connectivity index (χ1v) is 5.55. The quantitative estimate of drug-likeness (QED) is 0.758. The fourth-order valence-electron chi connectivity index (χ4n) is 1.62. The molecule has 3 nitrogen and oxygen atoms in total. The normalized spacial score (nSPS) is 11.4. The van der Waals surface area contributed by atoms with Crippen molar-refractivity contribution in [3.05, 3.63) is 35.4 Å². The van der Waals surface area contributed by atoms with Crippen molar-refractivity contribution in [2.24, 2.45) is 5.73 Å². The molecule has 0 fully saturated rings. The largest absolute Gasteiger partial charge is 0.392 e. The highest BCUT2D eigenvalue weighted by atomic mass is 19.3. The standard InChI is InChI=1S/C12H18F2N2O/c13-12(14)8-16(6-5-15)7-10-1-3-11(9-17)4-2-10/h1-4,12,17H,5-9,15H2. The monoisotopic (exact) mass is 244 g/mol. The zero-order chi connectivity index (χ0) is 12.7. The van der Waals surface area contributed by atoms with E-state index >= 15 is 0 Å². The molecular weight excluding hydrogens is 226 g/mol. The number of nitrogens with zero attached hydrogens (tertiary/aromatic N) is 1. The zero-order valence-corrected chi connectivity index (χ0v) is 9.65. The fraction of sp³-hybridized carbons (Fsp3) is 0.500. The summed E-state index contributed by atoms with van der Waals surface area (Å²) in [6.07, 6.45) is -2.35. The van der Waals surface area contributed by atoms with E-state index in [1.54, 1.807) is 17.0 Å². The molecule has 0 aromatic heterocycles. The van der Waals surface area contributed by atoms with E-state index in [0.717, 1.165) is 11.1 Å². The minimum absolute atomic E-state index is 0.0101. The van der Waals surface area contributed by atoms with Crippen LogP contribution in [0.3, 0.4) is 0 Å². The van der Waals surface area contributed by atoms with E-state index in [9.17, 15) is 8.78 Å². The molecule has 0 radical (unpaired) electrons. The molecule has 1 rings (SSSR count). The maximum atomic E-state index is 12.3. The molecule has 17 heavy (non-hydrogen) atoms. The molecule has 0 heterocycles. The zero-order valence-electron chi connectivity index (χ0n) is 9.65. The van der Waals surface area contributed by atoms with Crippen LogP contribution in [0.4, 0.5) is 8.78 Å². The van der Waals surface area contributed by atoms with Crippen LogP contribution in [0, 0.1) is 0 Å². The Morgan fingerprint density at radius 3 is 2.24 bits per heavy atom. The summed E-state index contributed by atoms with van der Waals surface area (Å²) in [7, 11) is 0. The van der Waals surface area contributed by atoms with Crippen molar-refractivity contribution in [1.82, 2.24) is 4.90 Å². The lowest BCUT2D eigenvalue weighted by atomic mass is 10.1.